The lowest BCUT2D eigenvalue weighted by molar-refractivity contribution is -0.115. The van der Waals surface area contributed by atoms with Crippen molar-refractivity contribution in [2.24, 2.45) is 0 Å². The van der Waals surface area contributed by atoms with E-state index in [-0.39, 0.29) is 11.6 Å². The molecule has 21 heavy (non-hydrogen) atoms. The molecule has 0 unspecified atom stereocenters. The Hall–Kier alpha value is -1.53. The summed E-state index contributed by atoms with van der Waals surface area (Å²) >= 11 is 5.06. The van der Waals surface area contributed by atoms with E-state index < -0.39 is 5.82 Å². The lowest BCUT2D eigenvalue weighted by Gasteiger charge is -2.07. The van der Waals surface area contributed by atoms with E-state index in [1.165, 1.54) is 18.2 Å². The zero-order valence-electron chi connectivity index (χ0n) is 11.1. The van der Waals surface area contributed by atoms with Crippen molar-refractivity contribution >= 4 is 45.0 Å². The first-order chi connectivity index (χ1) is 10.1. The predicted molar refractivity (Wildman–Crippen MR) is 88.9 cm³/mol. The third-order valence-electron chi connectivity index (χ3n) is 2.70. The van der Waals surface area contributed by atoms with Gasteiger partial charge in [0.2, 0.25) is 5.91 Å². The van der Waals surface area contributed by atoms with Gasteiger partial charge in [0.15, 0.2) is 0 Å². The maximum Gasteiger partial charge on any atom is 0.225 e. The Morgan fingerprint density at radius 1 is 1.29 bits per heavy atom. The van der Waals surface area contributed by atoms with Gasteiger partial charge < -0.3 is 11.1 Å². The molecular weight excluding hydrogens is 355 g/mol. The summed E-state index contributed by atoms with van der Waals surface area (Å²) < 4.78 is 14.0. The molecule has 0 atom stereocenters. The highest BCUT2D eigenvalue weighted by atomic mass is 79.9. The Morgan fingerprint density at radius 2 is 2.05 bits per heavy atom. The topological polar surface area (TPSA) is 55.1 Å². The van der Waals surface area contributed by atoms with Crippen LogP contribution in [0.25, 0.3) is 0 Å². The maximum atomic E-state index is 13.0. The van der Waals surface area contributed by atoms with Crippen LogP contribution in [0.15, 0.2) is 51.8 Å². The third kappa shape index (κ3) is 4.75. The van der Waals surface area contributed by atoms with E-state index in [4.69, 9.17) is 5.73 Å². The van der Waals surface area contributed by atoms with Crippen molar-refractivity contribution in [2.75, 3.05) is 16.8 Å². The number of nitrogens with two attached hydrogens (primary N) is 1. The zero-order chi connectivity index (χ0) is 15.2. The Labute approximate surface area is 135 Å². The molecule has 0 saturated carbocycles. The molecule has 2 rings (SSSR count). The number of carbonyl (C=O) groups excluding carboxylic acids is 1. The number of halogens is 2. The van der Waals surface area contributed by atoms with Gasteiger partial charge in [-0.05, 0) is 46.3 Å². The van der Waals surface area contributed by atoms with Gasteiger partial charge in [-0.3, -0.25) is 4.79 Å². The van der Waals surface area contributed by atoms with Gasteiger partial charge in [0.1, 0.15) is 5.82 Å². The second-order valence-electron chi connectivity index (χ2n) is 4.31. The molecule has 0 aromatic heterocycles. The molecule has 1 amide bonds. The molecule has 0 radical (unpaired) electrons. The van der Waals surface area contributed by atoms with Gasteiger partial charge in [-0.25, -0.2) is 4.39 Å². The quantitative estimate of drug-likeness (QED) is 0.611. The highest BCUT2D eigenvalue weighted by Crippen LogP contribution is 2.27. The van der Waals surface area contributed by atoms with Crippen molar-refractivity contribution in [3.8, 4) is 0 Å². The van der Waals surface area contributed by atoms with Gasteiger partial charge in [-0.2, -0.15) is 0 Å². The lowest BCUT2D eigenvalue weighted by atomic mass is 10.2. The van der Waals surface area contributed by atoms with Gasteiger partial charge >= 0.3 is 0 Å². The third-order valence-corrected chi connectivity index (χ3v) is 4.73. The number of hydrogen-bond donors (Lipinski definition) is 2. The average Bonchev–Trinajstić information content (AvgIpc) is 2.45. The Balaban J connectivity index is 1.82. The predicted octanol–water partition coefficient (Wildman–Crippen LogP) is 4.29. The maximum absolute atomic E-state index is 13.0. The van der Waals surface area contributed by atoms with Crippen molar-refractivity contribution in [3.05, 3.63) is 52.8 Å². The molecule has 0 fully saturated rings. The van der Waals surface area contributed by atoms with E-state index in [2.05, 4.69) is 21.2 Å². The van der Waals surface area contributed by atoms with E-state index in [1.807, 2.05) is 24.3 Å². The Kier molecular flexibility index (Phi) is 5.64. The summed E-state index contributed by atoms with van der Waals surface area (Å²) in [5, 5.41) is 2.70. The summed E-state index contributed by atoms with van der Waals surface area (Å²) in [7, 11) is 0. The van der Waals surface area contributed by atoms with Crippen LogP contribution in [0.2, 0.25) is 0 Å². The van der Waals surface area contributed by atoms with Crippen molar-refractivity contribution < 1.29 is 9.18 Å². The molecule has 6 heteroatoms. The number of hydrogen-bond acceptors (Lipinski definition) is 3. The van der Waals surface area contributed by atoms with Gasteiger partial charge in [0.05, 0.1) is 5.69 Å². The summed E-state index contributed by atoms with van der Waals surface area (Å²) in [4.78, 5) is 12.9. The minimum atomic E-state index is -0.488. The first kappa shape index (κ1) is 15.9. The first-order valence-corrected chi connectivity index (χ1v) is 8.06. The fourth-order valence-electron chi connectivity index (χ4n) is 1.66. The highest BCUT2D eigenvalue weighted by Gasteiger charge is 2.06. The summed E-state index contributed by atoms with van der Waals surface area (Å²) in [6, 6.07) is 12.0. The van der Waals surface area contributed by atoms with E-state index in [0.29, 0.717) is 17.9 Å². The average molecular weight is 369 g/mol. The van der Waals surface area contributed by atoms with Crippen molar-refractivity contribution in [2.45, 2.75) is 11.3 Å². The van der Waals surface area contributed by atoms with Crippen LogP contribution in [0.1, 0.15) is 6.42 Å². The standard InChI is InChI=1S/C15H14BrFN2OS/c16-11-3-1-2-4-14(11)21-8-7-15(20)19-10-5-6-12(17)13(18)9-10/h1-6,9H,7-8,18H2,(H,19,20). The van der Waals surface area contributed by atoms with Crippen LogP contribution in [0.4, 0.5) is 15.8 Å². The van der Waals surface area contributed by atoms with Crippen LogP contribution >= 0.6 is 27.7 Å². The van der Waals surface area contributed by atoms with E-state index in [1.54, 1.807) is 11.8 Å². The summed E-state index contributed by atoms with van der Waals surface area (Å²) in [6.07, 6.45) is 0.364. The van der Waals surface area contributed by atoms with Crippen molar-refractivity contribution in [1.29, 1.82) is 0 Å². The van der Waals surface area contributed by atoms with Crippen LogP contribution in [0, 0.1) is 5.82 Å². The number of rotatable bonds is 5. The van der Waals surface area contributed by atoms with Crippen LogP contribution in [0.3, 0.4) is 0 Å². The molecule has 110 valence electrons. The van der Waals surface area contributed by atoms with E-state index in [0.717, 1.165) is 9.37 Å². The second-order valence-corrected chi connectivity index (χ2v) is 6.30. The molecule has 2 aromatic rings. The van der Waals surface area contributed by atoms with Crippen LogP contribution in [-0.2, 0) is 4.79 Å². The number of nitrogens with one attached hydrogen (secondary N) is 1. The molecule has 0 saturated heterocycles. The molecule has 3 nitrogen and oxygen atoms in total. The number of nitrogen functional groups attached to an aromatic ring is 1. The SMILES string of the molecule is Nc1cc(NC(=O)CCSc2ccccc2Br)ccc1F. The number of thioether (sulfide) groups is 1. The minimum Gasteiger partial charge on any atom is -0.396 e. The minimum absolute atomic E-state index is 0.0235. The number of carbonyl (C=O) groups is 1. The largest absolute Gasteiger partial charge is 0.396 e. The fraction of sp³-hybridized carbons (Fsp3) is 0.133. The normalized spacial score (nSPS) is 10.4. The summed E-state index contributed by atoms with van der Waals surface area (Å²) in [5.74, 6) is 0.0449. The monoisotopic (exact) mass is 368 g/mol. The fourth-order valence-corrected chi connectivity index (χ4v) is 3.18. The smallest absolute Gasteiger partial charge is 0.225 e. The first-order valence-electron chi connectivity index (χ1n) is 6.28. The molecule has 0 aliphatic carbocycles. The van der Waals surface area contributed by atoms with Crippen LogP contribution < -0.4 is 11.1 Å². The number of benzene rings is 2. The van der Waals surface area contributed by atoms with E-state index in [9.17, 15) is 9.18 Å². The van der Waals surface area contributed by atoms with Gasteiger partial charge in [0, 0.05) is 27.2 Å². The molecule has 2 aromatic carbocycles. The summed E-state index contributed by atoms with van der Waals surface area (Å²) in [6.45, 7) is 0. The lowest BCUT2D eigenvalue weighted by Crippen LogP contribution is -2.12. The second kappa shape index (κ2) is 7.47. The molecule has 0 spiro atoms. The number of anilines is 2. The van der Waals surface area contributed by atoms with Gasteiger partial charge in [-0.15, -0.1) is 11.8 Å². The Bertz CT molecular complexity index is 651. The molecule has 0 bridgehead atoms. The number of amides is 1. The highest BCUT2D eigenvalue weighted by molar-refractivity contribution is 9.10. The van der Waals surface area contributed by atoms with Crippen molar-refractivity contribution in [3.63, 3.8) is 0 Å². The van der Waals surface area contributed by atoms with Crippen LogP contribution in [0.5, 0.6) is 0 Å². The molecule has 0 aliphatic rings. The molecule has 0 aliphatic heterocycles. The van der Waals surface area contributed by atoms with Gasteiger partial charge in [-0.1, -0.05) is 12.1 Å². The molecule has 3 N–H and O–H groups in total. The Morgan fingerprint density at radius 3 is 2.76 bits per heavy atom. The van der Waals surface area contributed by atoms with E-state index >= 15 is 0 Å². The van der Waals surface area contributed by atoms with Crippen LogP contribution in [-0.4, -0.2) is 11.7 Å². The zero-order valence-corrected chi connectivity index (χ0v) is 13.5. The van der Waals surface area contributed by atoms with Crippen molar-refractivity contribution in [1.82, 2.24) is 0 Å². The molecule has 0 heterocycles. The van der Waals surface area contributed by atoms with Gasteiger partial charge in [0.25, 0.3) is 0 Å². The molecular formula is C15H14BrFN2OS. The summed E-state index contributed by atoms with van der Waals surface area (Å²) in [5.41, 5.74) is 5.98.